The van der Waals surface area contributed by atoms with Gasteiger partial charge in [0, 0.05) is 58.2 Å². The van der Waals surface area contributed by atoms with Crippen molar-refractivity contribution in [2.45, 2.75) is 63.3 Å². The summed E-state index contributed by atoms with van der Waals surface area (Å²) in [5, 5.41) is 25.4. The SMILES string of the molecule is C.C.C.C.Cc1c(Br)cn2nc[nH]c(=O)c12.Cc1c(Br)cn2ncnc(Cl)c12.Cc1c(Br)cn2ncnc(N3CC(CCNS(N)(=O)=O)C3)c12.NS(=O)(=O)NCCC1CNC1. The van der Waals surface area contributed by atoms with Crippen LogP contribution in [0.2, 0.25) is 5.15 Å². The molecule has 26 heteroatoms. The van der Waals surface area contributed by atoms with Gasteiger partial charge in [-0.2, -0.15) is 32.1 Å². The van der Waals surface area contributed by atoms with E-state index in [1.165, 1.54) is 12.7 Å². The Morgan fingerprint density at radius 3 is 1.62 bits per heavy atom. The summed E-state index contributed by atoms with van der Waals surface area (Å²) in [6.07, 6.45) is 11.5. The van der Waals surface area contributed by atoms with Crippen LogP contribution in [0, 0.1) is 32.6 Å². The Labute approximate surface area is 387 Å². The Balaban J connectivity index is 0.000000417. The number of nitrogens with one attached hydrogen (secondary N) is 4. The molecule has 342 valence electrons. The number of aromatic amines is 1. The first-order valence-corrected chi connectivity index (χ1v) is 23.0. The fourth-order valence-corrected chi connectivity index (χ4v) is 8.08. The number of aryl methyl sites for hydroxylation is 3. The van der Waals surface area contributed by atoms with Gasteiger partial charge in [0.15, 0.2) is 11.0 Å². The van der Waals surface area contributed by atoms with Gasteiger partial charge in [0.05, 0.1) is 0 Å². The zero-order valence-electron chi connectivity index (χ0n) is 30.8. The number of nitrogens with zero attached hydrogens (tertiary/aromatic N) is 9. The lowest BCUT2D eigenvalue weighted by Crippen LogP contribution is -2.48. The van der Waals surface area contributed by atoms with Gasteiger partial charge in [-0.25, -0.2) is 43.2 Å². The maximum absolute atomic E-state index is 11.3. The van der Waals surface area contributed by atoms with Crippen LogP contribution in [0.4, 0.5) is 5.82 Å². The molecule has 0 radical (unpaired) electrons. The Morgan fingerprint density at radius 2 is 1.16 bits per heavy atom. The topological polar surface area (TPSA) is 270 Å². The molecule has 2 saturated heterocycles. The average Bonchev–Trinajstić information content (AvgIpc) is 3.68. The van der Waals surface area contributed by atoms with E-state index in [4.69, 9.17) is 21.9 Å². The minimum Gasteiger partial charge on any atom is -0.354 e. The van der Waals surface area contributed by atoms with Crippen molar-refractivity contribution in [2.75, 3.05) is 44.2 Å². The number of aromatic nitrogens is 9. The van der Waals surface area contributed by atoms with Gasteiger partial charge < -0.3 is 15.2 Å². The van der Waals surface area contributed by atoms with E-state index in [9.17, 15) is 21.6 Å². The minimum atomic E-state index is -3.59. The van der Waals surface area contributed by atoms with Crippen molar-refractivity contribution >= 4 is 102 Å². The molecule has 6 aromatic rings. The number of anilines is 1. The predicted molar refractivity (Wildman–Crippen MR) is 255 cm³/mol. The second-order valence-corrected chi connectivity index (χ2v) is 18.9. The molecule has 8 rings (SSSR count). The standard InChI is InChI=1S/C12H17BrN6O2S.C7H5BrClN3.C7H6BrN3O.C5H13N3O2S.4CH4/c1-8-10(13)6-19-11(8)12(15-7-16-19)18-4-9(5-18)2-3-17-22(14,20)21;1-4-5(8)2-12-6(4)7(9)10-3-11-12;1-4-5(8)2-11-6(4)7(12)9-3-10-11;6-11(9,10)8-2-1-5-3-7-4-5;;;;/h6-7,9,17H,2-5H2,1H3,(H2,14,20,21);2-3H,1H3;2-3H,1H3,(H,9,10,12);5,7-8H,1-4H2,(H2,6,9,10);4*1H4. The van der Waals surface area contributed by atoms with Gasteiger partial charge in [0.1, 0.15) is 35.5 Å². The second-order valence-electron chi connectivity index (χ2n) is 13.2. The molecule has 8 heterocycles. The molecular weight excluding hydrogens is 1050 g/mol. The highest BCUT2D eigenvalue weighted by atomic mass is 79.9. The van der Waals surface area contributed by atoms with E-state index in [2.05, 4.69) is 97.7 Å². The lowest BCUT2D eigenvalue weighted by atomic mass is 9.96. The van der Waals surface area contributed by atoms with E-state index < -0.39 is 20.4 Å². The number of halogens is 4. The van der Waals surface area contributed by atoms with Gasteiger partial charge >= 0.3 is 0 Å². The molecular formula is C35H57Br3ClN15O5S2. The smallest absolute Gasteiger partial charge is 0.275 e. The molecule has 0 bridgehead atoms. The number of rotatable bonds is 9. The fourth-order valence-electron chi connectivity index (χ4n) is 5.86. The van der Waals surface area contributed by atoms with Gasteiger partial charge in [-0.15, -0.1) is 0 Å². The Morgan fingerprint density at radius 1 is 0.721 bits per heavy atom. The summed E-state index contributed by atoms with van der Waals surface area (Å²) < 4.78 is 54.9. The maximum atomic E-state index is 11.3. The summed E-state index contributed by atoms with van der Waals surface area (Å²) in [5.41, 5.74) is 5.39. The third-order valence-electron chi connectivity index (χ3n) is 9.07. The largest absolute Gasteiger partial charge is 0.354 e. The quantitative estimate of drug-likeness (QED) is 0.113. The van der Waals surface area contributed by atoms with Crippen LogP contribution in [0.15, 0.2) is 55.8 Å². The Bertz CT molecular complexity index is 2630. The van der Waals surface area contributed by atoms with Crippen LogP contribution in [-0.2, 0) is 20.4 Å². The molecule has 0 aliphatic carbocycles. The van der Waals surface area contributed by atoms with Crippen molar-refractivity contribution in [3.05, 3.63) is 83.2 Å². The summed E-state index contributed by atoms with van der Waals surface area (Å²) in [5.74, 6) is 1.96. The highest BCUT2D eigenvalue weighted by Crippen LogP contribution is 2.32. The molecule has 2 fully saturated rings. The third kappa shape index (κ3) is 15.0. The Kier molecular flexibility index (Phi) is 22.1. The molecule has 0 spiro atoms. The van der Waals surface area contributed by atoms with E-state index in [1.807, 2.05) is 37.7 Å². The van der Waals surface area contributed by atoms with Crippen LogP contribution >= 0.6 is 59.4 Å². The van der Waals surface area contributed by atoms with E-state index >= 15 is 0 Å². The summed E-state index contributed by atoms with van der Waals surface area (Å²) in [4.78, 5) is 24.3. The predicted octanol–water partition coefficient (Wildman–Crippen LogP) is 4.90. The molecule has 8 N–H and O–H groups in total. The Hall–Kier alpha value is -3.11. The third-order valence-corrected chi connectivity index (χ3v) is 13.0. The van der Waals surface area contributed by atoms with Crippen molar-refractivity contribution in [3.63, 3.8) is 0 Å². The number of hydrogen-bond acceptors (Lipinski definition) is 12. The molecule has 0 unspecified atom stereocenters. The molecule has 0 atom stereocenters. The van der Waals surface area contributed by atoms with Crippen LogP contribution in [0.1, 0.15) is 59.2 Å². The van der Waals surface area contributed by atoms with Crippen LogP contribution in [0.3, 0.4) is 0 Å². The molecule has 6 aromatic heterocycles. The molecule has 0 saturated carbocycles. The molecule has 2 aliphatic heterocycles. The molecule has 20 nitrogen and oxygen atoms in total. The summed E-state index contributed by atoms with van der Waals surface area (Å²) in [7, 11) is -7.07. The fraction of sp³-hybridized carbons (Fsp3) is 0.486. The first-order valence-electron chi connectivity index (χ1n) is 17.2. The van der Waals surface area contributed by atoms with Crippen molar-refractivity contribution in [1.82, 2.24) is 58.6 Å². The van der Waals surface area contributed by atoms with Crippen LogP contribution < -0.4 is 35.5 Å². The van der Waals surface area contributed by atoms with Crippen molar-refractivity contribution in [1.29, 1.82) is 0 Å². The highest BCUT2D eigenvalue weighted by Gasteiger charge is 2.30. The molecule has 2 aliphatic rings. The monoisotopic (exact) mass is 1100 g/mol. The van der Waals surface area contributed by atoms with Crippen molar-refractivity contribution < 1.29 is 16.8 Å². The van der Waals surface area contributed by atoms with Gasteiger partial charge in [-0.1, -0.05) is 41.3 Å². The van der Waals surface area contributed by atoms with E-state index in [1.54, 1.807) is 21.6 Å². The normalized spacial score (nSPS) is 13.7. The number of H-pyrrole nitrogens is 1. The number of nitrogens with two attached hydrogens (primary N) is 2. The molecule has 61 heavy (non-hydrogen) atoms. The van der Waals surface area contributed by atoms with E-state index in [0.29, 0.717) is 35.6 Å². The lowest BCUT2D eigenvalue weighted by Gasteiger charge is -2.40. The summed E-state index contributed by atoms with van der Waals surface area (Å²) in [6.45, 7) is 10.4. The van der Waals surface area contributed by atoms with Crippen LogP contribution in [-0.4, -0.2) is 99.9 Å². The highest BCUT2D eigenvalue weighted by molar-refractivity contribution is 9.11. The minimum absolute atomic E-state index is 0. The average molecular weight is 1110 g/mol. The molecule has 0 aromatic carbocycles. The van der Waals surface area contributed by atoms with Crippen LogP contribution in [0.5, 0.6) is 0 Å². The summed E-state index contributed by atoms with van der Waals surface area (Å²) in [6, 6.07) is 0. The van der Waals surface area contributed by atoms with Gasteiger partial charge in [-0.3, -0.25) is 4.79 Å². The first kappa shape index (κ1) is 55.9. The first-order chi connectivity index (χ1) is 26.8. The lowest BCUT2D eigenvalue weighted by molar-refractivity contribution is 0.328. The zero-order valence-corrected chi connectivity index (χ0v) is 38.0. The van der Waals surface area contributed by atoms with Crippen molar-refractivity contribution in [2.24, 2.45) is 22.1 Å². The zero-order chi connectivity index (χ0) is 41.7. The van der Waals surface area contributed by atoms with Crippen LogP contribution in [0.25, 0.3) is 16.6 Å². The second kappa shape index (κ2) is 24.1. The molecule has 0 amide bonds. The van der Waals surface area contributed by atoms with Gasteiger partial charge in [0.25, 0.3) is 26.0 Å². The maximum Gasteiger partial charge on any atom is 0.275 e. The number of hydrogen-bond donors (Lipinski definition) is 6. The van der Waals surface area contributed by atoms with E-state index in [-0.39, 0.29) is 35.3 Å². The van der Waals surface area contributed by atoms with E-state index in [0.717, 1.165) is 86.0 Å². The van der Waals surface area contributed by atoms with Gasteiger partial charge in [-0.05, 0) is 123 Å². The summed E-state index contributed by atoms with van der Waals surface area (Å²) >= 11 is 16.1. The van der Waals surface area contributed by atoms with Crippen molar-refractivity contribution in [3.8, 4) is 0 Å². The van der Waals surface area contributed by atoms with Gasteiger partial charge in [0.2, 0.25) is 0 Å². The number of fused-ring (bicyclic) bond motifs is 3.